The van der Waals surface area contributed by atoms with Crippen molar-refractivity contribution in [2.24, 2.45) is 0 Å². The summed E-state index contributed by atoms with van der Waals surface area (Å²) in [4.78, 5) is 17.5. The highest BCUT2D eigenvalue weighted by Crippen LogP contribution is 2.30. The summed E-state index contributed by atoms with van der Waals surface area (Å²) in [5.41, 5.74) is 6.28. The predicted octanol–water partition coefficient (Wildman–Crippen LogP) is 4.61. The minimum absolute atomic E-state index is 0.171. The molecule has 1 aromatic carbocycles. The zero-order chi connectivity index (χ0) is 18.1. The predicted molar refractivity (Wildman–Crippen MR) is 106 cm³/mol. The Bertz CT molecular complexity index is 1060. The van der Waals surface area contributed by atoms with E-state index < -0.39 is 0 Å². The monoisotopic (exact) mass is 361 g/mol. The molecule has 26 heavy (non-hydrogen) atoms. The van der Waals surface area contributed by atoms with Crippen molar-refractivity contribution in [2.45, 2.75) is 20.4 Å². The molecule has 0 atom stereocenters. The molecule has 0 unspecified atom stereocenters. The van der Waals surface area contributed by atoms with Gasteiger partial charge in [0, 0.05) is 18.3 Å². The van der Waals surface area contributed by atoms with E-state index in [0.29, 0.717) is 12.4 Å². The van der Waals surface area contributed by atoms with Gasteiger partial charge in [0.15, 0.2) is 0 Å². The molecule has 0 fully saturated rings. The number of thiophene rings is 1. The fourth-order valence-electron chi connectivity index (χ4n) is 3.22. The largest absolute Gasteiger partial charge is 0.345 e. The van der Waals surface area contributed by atoms with Gasteiger partial charge in [-0.3, -0.25) is 9.20 Å². The second-order valence-electron chi connectivity index (χ2n) is 6.32. The maximum Gasteiger partial charge on any atom is 0.287 e. The maximum atomic E-state index is 12.8. The van der Waals surface area contributed by atoms with Gasteiger partial charge in [0.25, 0.3) is 5.91 Å². The second-order valence-corrected chi connectivity index (χ2v) is 7.10. The van der Waals surface area contributed by atoms with E-state index in [1.165, 1.54) is 0 Å². The van der Waals surface area contributed by atoms with Crippen LogP contribution in [0.5, 0.6) is 0 Å². The molecule has 1 amide bonds. The van der Waals surface area contributed by atoms with Crippen LogP contribution in [0.1, 0.15) is 27.3 Å². The lowest BCUT2D eigenvalue weighted by molar-refractivity contribution is 0.0940. The van der Waals surface area contributed by atoms with Crippen LogP contribution in [0.3, 0.4) is 0 Å². The molecule has 4 nitrogen and oxygen atoms in total. The molecule has 0 saturated carbocycles. The molecule has 3 aromatic heterocycles. The summed E-state index contributed by atoms with van der Waals surface area (Å²) in [6, 6.07) is 14.1. The summed E-state index contributed by atoms with van der Waals surface area (Å²) >= 11 is 1.62. The van der Waals surface area contributed by atoms with Gasteiger partial charge in [-0.2, -0.15) is 11.3 Å². The van der Waals surface area contributed by atoms with Crippen molar-refractivity contribution < 1.29 is 4.79 Å². The van der Waals surface area contributed by atoms with E-state index in [1.54, 1.807) is 11.3 Å². The third-order valence-corrected chi connectivity index (χ3v) is 5.23. The number of aromatic nitrogens is 2. The molecule has 5 heteroatoms. The number of rotatable bonds is 4. The lowest BCUT2D eigenvalue weighted by Gasteiger charge is -2.07. The SMILES string of the molecule is Cc1cccc(C)c1-c1nc(C(=O)NCc2ccsc2)n2ccccc12. The highest BCUT2D eigenvalue weighted by atomic mass is 32.1. The van der Waals surface area contributed by atoms with Crippen LogP contribution < -0.4 is 5.32 Å². The molecule has 1 N–H and O–H groups in total. The van der Waals surface area contributed by atoms with Crippen LogP contribution in [-0.2, 0) is 6.54 Å². The van der Waals surface area contributed by atoms with Gasteiger partial charge in [0.05, 0.1) is 11.2 Å². The van der Waals surface area contributed by atoms with E-state index in [2.05, 4.69) is 31.3 Å². The molecule has 0 spiro atoms. The smallest absolute Gasteiger partial charge is 0.287 e. The van der Waals surface area contributed by atoms with Crippen LogP contribution in [0.15, 0.2) is 59.4 Å². The first-order valence-electron chi connectivity index (χ1n) is 8.48. The van der Waals surface area contributed by atoms with Gasteiger partial charge in [-0.05, 0) is 59.5 Å². The van der Waals surface area contributed by atoms with Crippen LogP contribution in [0.2, 0.25) is 0 Å². The van der Waals surface area contributed by atoms with Crippen molar-refractivity contribution in [1.82, 2.24) is 14.7 Å². The Balaban J connectivity index is 1.78. The summed E-state index contributed by atoms with van der Waals surface area (Å²) in [5.74, 6) is 0.239. The van der Waals surface area contributed by atoms with Crippen LogP contribution in [0.25, 0.3) is 16.8 Å². The van der Waals surface area contributed by atoms with Crippen LogP contribution in [0.4, 0.5) is 0 Å². The van der Waals surface area contributed by atoms with Crippen molar-refractivity contribution in [3.8, 4) is 11.3 Å². The lowest BCUT2D eigenvalue weighted by Crippen LogP contribution is -2.24. The first-order valence-corrected chi connectivity index (χ1v) is 9.42. The topological polar surface area (TPSA) is 46.4 Å². The van der Waals surface area contributed by atoms with Crippen LogP contribution in [-0.4, -0.2) is 15.3 Å². The van der Waals surface area contributed by atoms with Gasteiger partial charge in [-0.15, -0.1) is 0 Å². The second kappa shape index (κ2) is 6.77. The summed E-state index contributed by atoms with van der Waals surface area (Å²) in [7, 11) is 0. The third kappa shape index (κ3) is 2.91. The van der Waals surface area contributed by atoms with Gasteiger partial charge >= 0.3 is 0 Å². The molecule has 4 aromatic rings. The zero-order valence-corrected chi connectivity index (χ0v) is 15.5. The fourth-order valence-corrected chi connectivity index (χ4v) is 3.89. The van der Waals surface area contributed by atoms with E-state index in [-0.39, 0.29) is 5.91 Å². The fraction of sp³-hybridized carbons (Fsp3) is 0.143. The maximum absolute atomic E-state index is 12.8. The van der Waals surface area contributed by atoms with Gasteiger partial charge in [-0.25, -0.2) is 4.98 Å². The molecule has 0 aliphatic heterocycles. The Morgan fingerprint density at radius 2 is 1.92 bits per heavy atom. The number of carbonyl (C=O) groups is 1. The van der Waals surface area contributed by atoms with Gasteiger partial charge in [0.1, 0.15) is 0 Å². The molecular weight excluding hydrogens is 342 g/mol. The Labute approximate surface area is 156 Å². The number of fused-ring (bicyclic) bond motifs is 1. The van der Waals surface area contributed by atoms with E-state index in [9.17, 15) is 4.79 Å². The molecule has 0 aliphatic rings. The molecule has 0 saturated heterocycles. The minimum Gasteiger partial charge on any atom is -0.345 e. The number of hydrogen-bond donors (Lipinski definition) is 1. The number of hydrogen-bond acceptors (Lipinski definition) is 3. The van der Waals surface area contributed by atoms with Crippen molar-refractivity contribution in [3.05, 3.63) is 81.9 Å². The minimum atomic E-state index is -0.171. The van der Waals surface area contributed by atoms with Crippen molar-refractivity contribution >= 4 is 22.8 Å². The summed E-state index contributed by atoms with van der Waals surface area (Å²) in [6.45, 7) is 4.66. The zero-order valence-electron chi connectivity index (χ0n) is 14.7. The normalized spacial score (nSPS) is 11.0. The first kappa shape index (κ1) is 16.5. The molecule has 3 heterocycles. The quantitative estimate of drug-likeness (QED) is 0.577. The summed E-state index contributed by atoms with van der Waals surface area (Å²) in [6.07, 6.45) is 1.89. The highest BCUT2D eigenvalue weighted by Gasteiger charge is 2.20. The number of carbonyl (C=O) groups excluding carboxylic acids is 1. The summed E-state index contributed by atoms with van der Waals surface area (Å²) < 4.78 is 1.87. The van der Waals surface area contributed by atoms with Gasteiger partial charge < -0.3 is 5.32 Å². The highest BCUT2D eigenvalue weighted by molar-refractivity contribution is 7.07. The lowest BCUT2D eigenvalue weighted by atomic mass is 9.99. The number of nitrogens with one attached hydrogen (secondary N) is 1. The number of aryl methyl sites for hydroxylation is 2. The molecule has 130 valence electrons. The Kier molecular flexibility index (Phi) is 4.31. The standard InChI is InChI=1S/C21H19N3OS/c1-14-6-5-7-15(2)18(14)19-17-8-3-4-10-24(17)20(23-19)21(25)22-12-16-9-11-26-13-16/h3-11,13H,12H2,1-2H3,(H,22,25). The van der Waals surface area contributed by atoms with E-state index >= 15 is 0 Å². The van der Waals surface area contributed by atoms with Gasteiger partial charge in [0.2, 0.25) is 5.82 Å². The number of benzene rings is 1. The van der Waals surface area contributed by atoms with E-state index in [1.807, 2.05) is 51.7 Å². The third-order valence-electron chi connectivity index (χ3n) is 4.50. The Morgan fingerprint density at radius 1 is 1.12 bits per heavy atom. The van der Waals surface area contributed by atoms with E-state index in [0.717, 1.165) is 33.5 Å². The first-order chi connectivity index (χ1) is 12.6. The summed E-state index contributed by atoms with van der Waals surface area (Å²) in [5, 5.41) is 7.01. The number of imidazole rings is 1. The number of nitrogens with zero attached hydrogens (tertiary/aromatic N) is 2. The van der Waals surface area contributed by atoms with E-state index in [4.69, 9.17) is 4.98 Å². The Hall–Kier alpha value is -2.92. The molecule has 0 radical (unpaired) electrons. The molecule has 0 aliphatic carbocycles. The van der Waals surface area contributed by atoms with Crippen molar-refractivity contribution in [1.29, 1.82) is 0 Å². The molecule has 4 rings (SSSR count). The van der Waals surface area contributed by atoms with Crippen molar-refractivity contribution in [3.63, 3.8) is 0 Å². The molecule has 0 bridgehead atoms. The Morgan fingerprint density at radius 3 is 2.65 bits per heavy atom. The van der Waals surface area contributed by atoms with Gasteiger partial charge in [-0.1, -0.05) is 24.3 Å². The van der Waals surface area contributed by atoms with Crippen molar-refractivity contribution in [2.75, 3.05) is 0 Å². The average molecular weight is 361 g/mol. The molecular formula is C21H19N3OS. The van der Waals surface area contributed by atoms with Crippen LogP contribution in [0, 0.1) is 13.8 Å². The number of amides is 1. The van der Waals surface area contributed by atoms with Crippen LogP contribution >= 0.6 is 11.3 Å². The number of pyridine rings is 1. The average Bonchev–Trinajstić information content (AvgIpc) is 3.28.